The van der Waals surface area contributed by atoms with Crippen molar-refractivity contribution in [3.63, 3.8) is 0 Å². The Morgan fingerprint density at radius 3 is 2.50 bits per heavy atom. The van der Waals surface area contributed by atoms with Gasteiger partial charge in [-0.05, 0) is 49.2 Å². The molecule has 1 rings (SSSR count). The molecule has 0 saturated carbocycles. The molecule has 0 spiro atoms. The zero-order valence-electron chi connectivity index (χ0n) is 17.0. The van der Waals surface area contributed by atoms with E-state index in [1.807, 2.05) is 18.4 Å². The zero-order valence-corrected chi connectivity index (χ0v) is 18.7. The monoisotopic (exact) mass is 427 g/mol. The average molecular weight is 428 g/mol. The van der Waals surface area contributed by atoms with E-state index in [-0.39, 0.29) is 0 Å². The van der Waals surface area contributed by atoms with Crippen LogP contribution in [-0.2, 0) is 4.79 Å². The van der Waals surface area contributed by atoms with Crippen LogP contribution in [0.25, 0.3) is 0 Å². The van der Waals surface area contributed by atoms with Crippen molar-refractivity contribution in [3.8, 4) is 5.75 Å². The van der Waals surface area contributed by atoms with Crippen molar-refractivity contribution in [2.45, 2.75) is 45.6 Å². The topological polar surface area (TPSA) is 75.6 Å². The number of nitrogens with one attached hydrogen (secondary N) is 1. The summed E-state index contributed by atoms with van der Waals surface area (Å²) in [4.78, 5) is 23.7. The fourth-order valence-electron chi connectivity index (χ4n) is 2.06. The molecule has 1 amide bonds. The van der Waals surface area contributed by atoms with Crippen LogP contribution in [0.2, 0.25) is 0 Å². The number of carbonyl (C=O) groups is 2. The first-order valence-electron chi connectivity index (χ1n) is 9.51. The normalized spacial score (nSPS) is 11.4. The number of thioether (sulfide) groups is 1. The molecule has 2 N–H and O–H groups in total. The number of hydrogen-bond donors (Lipinski definition) is 3. The second-order valence-corrected chi connectivity index (χ2v) is 7.40. The fourth-order valence-corrected chi connectivity index (χ4v) is 2.68. The highest BCUT2D eigenvalue weighted by molar-refractivity contribution is 7.98. The van der Waals surface area contributed by atoms with E-state index in [1.54, 1.807) is 36.0 Å². The van der Waals surface area contributed by atoms with Crippen LogP contribution in [-0.4, -0.2) is 47.4 Å². The van der Waals surface area contributed by atoms with Crippen molar-refractivity contribution in [2.24, 2.45) is 0 Å². The van der Waals surface area contributed by atoms with Crippen LogP contribution in [0.3, 0.4) is 0 Å². The Labute approximate surface area is 178 Å². The third-order valence-corrected chi connectivity index (χ3v) is 4.25. The molecule has 0 fully saturated rings. The summed E-state index contributed by atoms with van der Waals surface area (Å²) < 4.78 is 5.68. The van der Waals surface area contributed by atoms with Gasteiger partial charge >= 0.3 is 5.97 Å². The van der Waals surface area contributed by atoms with Crippen molar-refractivity contribution >= 4 is 36.3 Å². The fraction of sp³-hybridized carbons (Fsp3) is 0.524. The number of carboxylic acid groups (broad SMARTS) is 1. The summed E-state index contributed by atoms with van der Waals surface area (Å²) in [5, 5.41) is 11.8. The first-order chi connectivity index (χ1) is 13.5. The van der Waals surface area contributed by atoms with E-state index in [0.717, 1.165) is 18.6 Å². The van der Waals surface area contributed by atoms with Crippen LogP contribution >= 0.6 is 24.4 Å². The predicted octanol–water partition coefficient (Wildman–Crippen LogP) is 4.68. The number of amides is 1. The minimum atomic E-state index is -1.03. The van der Waals surface area contributed by atoms with Crippen LogP contribution in [0.15, 0.2) is 36.4 Å². The third kappa shape index (κ3) is 12.0. The maximum absolute atomic E-state index is 12.4. The zero-order chi connectivity index (χ0) is 21.2. The number of rotatable bonds is 12. The summed E-state index contributed by atoms with van der Waals surface area (Å²) in [7, 11) is 0. The molecule has 0 aliphatic carbocycles. The van der Waals surface area contributed by atoms with Crippen LogP contribution in [0.4, 0.5) is 0 Å². The van der Waals surface area contributed by atoms with Crippen molar-refractivity contribution in [1.29, 1.82) is 0 Å². The van der Waals surface area contributed by atoms with Gasteiger partial charge in [-0.3, -0.25) is 4.79 Å². The Bertz CT molecular complexity index is 594. The van der Waals surface area contributed by atoms with Gasteiger partial charge in [0.05, 0.1) is 12.2 Å². The summed E-state index contributed by atoms with van der Waals surface area (Å²) in [6.07, 6.45) is 9.22. The van der Waals surface area contributed by atoms with Gasteiger partial charge in [0.2, 0.25) is 0 Å². The highest BCUT2D eigenvalue weighted by Gasteiger charge is 2.21. The van der Waals surface area contributed by atoms with Crippen LogP contribution in [0.1, 0.15) is 49.9 Å². The van der Waals surface area contributed by atoms with Crippen molar-refractivity contribution in [2.75, 3.05) is 24.4 Å². The molecule has 0 heterocycles. The molecule has 1 aromatic rings. The van der Waals surface area contributed by atoms with Gasteiger partial charge in [0.1, 0.15) is 11.8 Å². The van der Waals surface area contributed by atoms with Crippen molar-refractivity contribution in [1.82, 2.24) is 5.32 Å². The highest BCUT2D eigenvalue weighted by atomic mass is 32.2. The SMILES string of the molecule is CCC.CSCCC(NC(=O)c1ccccc1OCC/C=C/CCS)C(=O)O. The number of thiol groups is 1. The first kappa shape index (κ1) is 26.4. The van der Waals surface area contributed by atoms with Gasteiger partial charge in [-0.25, -0.2) is 4.79 Å². The lowest BCUT2D eigenvalue weighted by molar-refractivity contribution is -0.139. The average Bonchev–Trinajstić information content (AvgIpc) is 2.68. The Balaban J connectivity index is 0.00000227. The van der Waals surface area contributed by atoms with E-state index < -0.39 is 17.9 Å². The third-order valence-electron chi connectivity index (χ3n) is 3.35. The molecular weight excluding hydrogens is 394 g/mol. The smallest absolute Gasteiger partial charge is 0.326 e. The van der Waals surface area contributed by atoms with Gasteiger partial charge in [0.25, 0.3) is 5.91 Å². The van der Waals surface area contributed by atoms with E-state index in [0.29, 0.717) is 30.1 Å². The van der Waals surface area contributed by atoms with E-state index in [4.69, 9.17) is 4.74 Å². The van der Waals surface area contributed by atoms with Gasteiger partial charge in [0.15, 0.2) is 0 Å². The molecular formula is C21H33NO4S2. The Hall–Kier alpha value is -1.60. The Morgan fingerprint density at radius 2 is 1.89 bits per heavy atom. The molecule has 7 heteroatoms. The number of ether oxygens (including phenoxy) is 1. The molecule has 0 aromatic heterocycles. The lowest BCUT2D eigenvalue weighted by Crippen LogP contribution is -2.41. The predicted molar refractivity (Wildman–Crippen MR) is 122 cm³/mol. The number of carbonyl (C=O) groups excluding carboxylic acids is 1. The van der Waals surface area contributed by atoms with Gasteiger partial charge in [-0.1, -0.05) is 44.6 Å². The molecule has 1 atom stereocenters. The lowest BCUT2D eigenvalue weighted by atomic mass is 10.1. The summed E-state index contributed by atoms with van der Waals surface area (Å²) in [6, 6.07) is 5.95. The van der Waals surface area contributed by atoms with E-state index >= 15 is 0 Å². The van der Waals surface area contributed by atoms with E-state index in [1.165, 1.54) is 6.42 Å². The van der Waals surface area contributed by atoms with Gasteiger partial charge in [-0.15, -0.1) is 0 Å². The molecule has 28 heavy (non-hydrogen) atoms. The molecule has 1 aromatic carbocycles. The highest BCUT2D eigenvalue weighted by Crippen LogP contribution is 2.18. The van der Waals surface area contributed by atoms with Gasteiger partial charge in [-0.2, -0.15) is 24.4 Å². The minimum absolute atomic E-state index is 0.345. The molecule has 5 nitrogen and oxygen atoms in total. The number of aliphatic carboxylic acids is 1. The standard InChI is InChI=1S/C18H25NO4S2.C3H8/c1-25-13-10-15(18(21)22)19-17(20)14-8-4-5-9-16(14)23-11-6-2-3-7-12-24;1-3-2/h2-5,8-9,15,24H,6-7,10-13H2,1H3,(H,19,20)(H,21,22);3H2,1-2H3/b3-2+;. The molecule has 1 unspecified atom stereocenters. The number of hydrogen-bond acceptors (Lipinski definition) is 5. The van der Waals surface area contributed by atoms with Crippen LogP contribution < -0.4 is 10.1 Å². The molecule has 0 bridgehead atoms. The maximum atomic E-state index is 12.4. The second-order valence-electron chi connectivity index (χ2n) is 5.97. The van der Waals surface area contributed by atoms with E-state index in [2.05, 4.69) is 31.8 Å². The first-order valence-corrected chi connectivity index (χ1v) is 11.5. The molecule has 0 aliphatic rings. The van der Waals surface area contributed by atoms with Gasteiger partial charge in [0, 0.05) is 0 Å². The number of allylic oxidation sites excluding steroid dienone is 1. The Morgan fingerprint density at radius 1 is 1.25 bits per heavy atom. The summed E-state index contributed by atoms with van der Waals surface area (Å²) in [5.41, 5.74) is 0.345. The molecule has 0 saturated heterocycles. The summed E-state index contributed by atoms with van der Waals surface area (Å²) in [6.45, 7) is 4.70. The van der Waals surface area contributed by atoms with Crippen LogP contribution in [0, 0.1) is 0 Å². The number of benzene rings is 1. The van der Waals surface area contributed by atoms with Gasteiger partial charge < -0.3 is 15.2 Å². The molecule has 0 radical (unpaired) electrons. The number of carboxylic acids is 1. The van der Waals surface area contributed by atoms with Crippen molar-refractivity contribution < 1.29 is 19.4 Å². The summed E-state index contributed by atoms with van der Waals surface area (Å²) in [5.74, 6) is 0.455. The van der Waals surface area contributed by atoms with E-state index in [9.17, 15) is 14.7 Å². The lowest BCUT2D eigenvalue weighted by Gasteiger charge is -2.16. The Kier molecular flexibility index (Phi) is 16.5. The quantitative estimate of drug-likeness (QED) is 0.256. The van der Waals surface area contributed by atoms with Crippen LogP contribution in [0.5, 0.6) is 5.75 Å². The second kappa shape index (κ2) is 17.5. The summed E-state index contributed by atoms with van der Waals surface area (Å²) >= 11 is 5.67. The maximum Gasteiger partial charge on any atom is 0.326 e. The molecule has 158 valence electrons. The van der Waals surface area contributed by atoms with Crippen molar-refractivity contribution in [3.05, 3.63) is 42.0 Å². The largest absolute Gasteiger partial charge is 0.492 e. The molecule has 0 aliphatic heterocycles. The number of para-hydroxylation sites is 1. The minimum Gasteiger partial charge on any atom is -0.492 e.